The number of hydrogen-bond acceptors (Lipinski definition) is 5. The first-order valence-corrected chi connectivity index (χ1v) is 10.2. The first kappa shape index (κ1) is 24.0. The third kappa shape index (κ3) is 8.35. The average Bonchev–Trinajstić information content (AvgIpc) is 2.60. The lowest BCUT2D eigenvalue weighted by atomic mass is 9.98. The van der Waals surface area contributed by atoms with Crippen molar-refractivity contribution in [3.8, 4) is 0 Å². The fraction of sp³-hybridized carbons (Fsp3) is 0.850. The van der Waals surface area contributed by atoms with E-state index in [1.807, 2.05) is 41.5 Å². The van der Waals surface area contributed by atoms with Crippen molar-refractivity contribution in [3.63, 3.8) is 0 Å². The quantitative estimate of drug-likeness (QED) is 0.405. The zero-order chi connectivity index (χ0) is 21.3. The summed E-state index contributed by atoms with van der Waals surface area (Å²) in [4.78, 5) is 30.6. The Morgan fingerprint density at radius 3 is 2.50 bits per heavy atom. The first-order valence-electron chi connectivity index (χ1n) is 10.2. The van der Waals surface area contributed by atoms with Crippen molar-refractivity contribution in [2.75, 3.05) is 33.3 Å². The van der Waals surface area contributed by atoms with Crippen LogP contribution < -0.4 is 10.6 Å². The third-order valence-corrected chi connectivity index (χ3v) is 4.54. The van der Waals surface area contributed by atoms with Crippen LogP contribution in [-0.4, -0.2) is 67.9 Å². The van der Waals surface area contributed by atoms with E-state index in [4.69, 9.17) is 9.47 Å². The Morgan fingerprint density at radius 2 is 1.96 bits per heavy atom. The summed E-state index contributed by atoms with van der Waals surface area (Å²) >= 11 is 0. The summed E-state index contributed by atoms with van der Waals surface area (Å²) in [7, 11) is 1.72. The van der Waals surface area contributed by atoms with Crippen LogP contribution in [0.5, 0.6) is 0 Å². The number of rotatable bonds is 6. The Kier molecular flexibility index (Phi) is 9.55. The molecule has 1 heterocycles. The molecule has 0 aromatic heterocycles. The van der Waals surface area contributed by atoms with Gasteiger partial charge in [-0.15, -0.1) is 0 Å². The van der Waals surface area contributed by atoms with Crippen LogP contribution in [0, 0.1) is 11.8 Å². The SMILES string of the molecule is CCOC(=O)C1CCCN(C(=NC)NCC(NC(=O)OC(C)(C)C)C(C)C)C1. The zero-order valence-electron chi connectivity index (χ0n) is 18.5. The second kappa shape index (κ2) is 11.1. The second-order valence-corrected chi connectivity index (χ2v) is 8.46. The molecule has 1 aliphatic rings. The van der Waals surface area contributed by atoms with Gasteiger partial charge in [-0.25, -0.2) is 4.79 Å². The first-order chi connectivity index (χ1) is 13.1. The number of ether oxygens (including phenoxy) is 2. The Morgan fingerprint density at radius 1 is 1.29 bits per heavy atom. The molecule has 0 bridgehead atoms. The highest BCUT2D eigenvalue weighted by molar-refractivity contribution is 5.81. The highest BCUT2D eigenvalue weighted by Gasteiger charge is 2.29. The smallest absolute Gasteiger partial charge is 0.407 e. The van der Waals surface area contributed by atoms with Gasteiger partial charge in [-0.05, 0) is 46.5 Å². The number of guanidine groups is 1. The molecule has 2 unspecified atom stereocenters. The van der Waals surface area contributed by atoms with E-state index in [0.717, 1.165) is 25.3 Å². The maximum Gasteiger partial charge on any atom is 0.407 e. The van der Waals surface area contributed by atoms with Gasteiger partial charge in [0.25, 0.3) is 0 Å². The second-order valence-electron chi connectivity index (χ2n) is 8.46. The molecule has 0 radical (unpaired) electrons. The van der Waals surface area contributed by atoms with Gasteiger partial charge in [0.1, 0.15) is 5.60 Å². The summed E-state index contributed by atoms with van der Waals surface area (Å²) in [5.74, 6) is 0.666. The number of carbonyl (C=O) groups excluding carboxylic acids is 2. The molecule has 1 amide bonds. The minimum absolute atomic E-state index is 0.114. The molecule has 0 spiro atoms. The summed E-state index contributed by atoms with van der Waals surface area (Å²) < 4.78 is 10.5. The molecule has 1 saturated heterocycles. The molecule has 1 fully saturated rings. The van der Waals surface area contributed by atoms with Crippen molar-refractivity contribution in [3.05, 3.63) is 0 Å². The largest absolute Gasteiger partial charge is 0.466 e. The molecular weight excluding hydrogens is 360 g/mol. The molecule has 0 aliphatic carbocycles. The fourth-order valence-electron chi connectivity index (χ4n) is 3.07. The number of piperidine rings is 1. The van der Waals surface area contributed by atoms with Crippen LogP contribution in [0.15, 0.2) is 4.99 Å². The Bertz CT molecular complexity index is 543. The third-order valence-electron chi connectivity index (χ3n) is 4.54. The van der Waals surface area contributed by atoms with Crippen LogP contribution in [0.25, 0.3) is 0 Å². The number of nitrogens with zero attached hydrogens (tertiary/aromatic N) is 2. The molecule has 0 aromatic carbocycles. The number of alkyl carbamates (subject to hydrolysis) is 1. The summed E-state index contributed by atoms with van der Waals surface area (Å²) in [6, 6.07) is -0.114. The summed E-state index contributed by atoms with van der Waals surface area (Å²) in [5, 5.41) is 6.26. The lowest BCUT2D eigenvalue weighted by molar-refractivity contribution is -0.149. The van der Waals surface area contributed by atoms with Crippen molar-refractivity contribution in [1.29, 1.82) is 0 Å². The van der Waals surface area contributed by atoms with Crippen LogP contribution in [0.1, 0.15) is 54.4 Å². The molecule has 8 nitrogen and oxygen atoms in total. The van der Waals surface area contributed by atoms with Crippen LogP contribution in [0.2, 0.25) is 0 Å². The summed E-state index contributed by atoms with van der Waals surface area (Å²) in [6.45, 7) is 13.8. The Hall–Kier alpha value is -1.99. The fourth-order valence-corrected chi connectivity index (χ4v) is 3.07. The molecule has 1 rings (SSSR count). The van der Waals surface area contributed by atoms with Crippen LogP contribution >= 0.6 is 0 Å². The number of hydrogen-bond donors (Lipinski definition) is 2. The standard InChI is InChI=1S/C20H38N4O4/c1-8-27-17(25)15-10-9-11-24(13-15)18(21-7)22-12-16(14(2)3)23-19(26)28-20(4,5)6/h14-16H,8-13H2,1-7H3,(H,21,22)(H,23,26). The van der Waals surface area contributed by atoms with Crippen molar-refractivity contribution in [2.24, 2.45) is 16.8 Å². The minimum Gasteiger partial charge on any atom is -0.466 e. The maximum atomic E-state index is 12.1. The van der Waals surface area contributed by atoms with Crippen molar-refractivity contribution in [1.82, 2.24) is 15.5 Å². The van der Waals surface area contributed by atoms with Gasteiger partial charge in [0.2, 0.25) is 0 Å². The predicted molar refractivity (Wildman–Crippen MR) is 110 cm³/mol. The molecule has 0 saturated carbocycles. The molecule has 162 valence electrons. The van der Waals surface area contributed by atoms with Gasteiger partial charge in [0.05, 0.1) is 18.6 Å². The Labute approximate surface area is 169 Å². The van der Waals surface area contributed by atoms with E-state index >= 15 is 0 Å². The van der Waals surface area contributed by atoms with Crippen molar-refractivity contribution < 1.29 is 19.1 Å². The van der Waals surface area contributed by atoms with E-state index in [0.29, 0.717) is 19.7 Å². The van der Waals surface area contributed by atoms with E-state index in [1.54, 1.807) is 7.05 Å². The normalized spacial score (nSPS) is 19.2. The van der Waals surface area contributed by atoms with Gasteiger partial charge in [-0.1, -0.05) is 13.8 Å². The van der Waals surface area contributed by atoms with Crippen LogP contribution in [0.4, 0.5) is 4.79 Å². The number of carbonyl (C=O) groups is 2. The van der Waals surface area contributed by atoms with E-state index in [9.17, 15) is 9.59 Å². The van der Waals surface area contributed by atoms with Gasteiger partial charge >= 0.3 is 12.1 Å². The maximum absolute atomic E-state index is 12.1. The monoisotopic (exact) mass is 398 g/mol. The molecular formula is C20H38N4O4. The van der Waals surface area contributed by atoms with Gasteiger partial charge < -0.3 is 25.0 Å². The number of amides is 1. The average molecular weight is 399 g/mol. The summed E-state index contributed by atoms with van der Waals surface area (Å²) in [5.41, 5.74) is -0.537. The van der Waals surface area contributed by atoms with Crippen molar-refractivity contribution in [2.45, 2.75) is 66.0 Å². The topological polar surface area (TPSA) is 92.3 Å². The lowest BCUT2D eigenvalue weighted by Gasteiger charge is -2.35. The van der Waals surface area contributed by atoms with E-state index in [-0.39, 0.29) is 23.8 Å². The number of likely N-dealkylation sites (tertiary alicyclic amines) is 1. The predicted octanol–water partition coefficient (Wildman–Crippen LogP) is 2.39. The number of aliphatic imine (C=N–C) groups is 1. The van der Waals surface area contributed by atoms with E-state index < -0.39 is 11.7 Å². The minimum atomic E-state index is -0.537. The van der Waals surface area contributed by atoms with Gasteiger partial charge in [-0.2, -0.15) is 0 Å². The van der Waals surface area contributed by atoms with E-state index in [1.165, 1.54) is 0 Å². The van der Waals surface area contributed by atoms with Crippen molar-refractivity contribution >= 4 is 18.0 Å². The Balaban J connectivity index is 2.64. The summed E-state index contributed by atoms with van der Waals surface area (Å²) in [6.07, 6.45) is 1.32. The molecule has 1 aliphatic heterocycles. The van der Waals surface area contributed by atoms with Gasteiger partial charge in [-0.3, -0.25) is 9.79 Å². The van der Waals surface area contributed by atoms with Crippen LogP contribution in [-0.2, 0) is 14.3 Å². The number of nitrogens with one attached hydrogen (secondary N) is 2. The number of esters is 1. The van der Waals surface area contributed by atoms with E-state index in [2.05, 4.69) is 20.5 Å². The molecule has 2 N–H and O–H groups in total. The molecule has 0 aromatic rings. The van der Waals surface area contributed by atoms with Crippen LogP contribution in [0.3, 0.4) is 0 Å². The molecule has 8 heteroatoms. The molecule has 2 atom stereocenters. The highest BCUT2D eigenvalue weighted by atomic mass is 16.6. The molecule has 28 heavy (non-hydrogen) atoms. The van der Waals surface area contributed by atoms with Gasteiger partial charge in [0.15, 0.2) is 5.96 Å². The van der Waals surface area contributed by atoms with Gasteiger partial charge in [0, 0.05) is 26.7 Å². The lowest BCUT2D eigenvalue weighted by Crippen LogP contribution is -2.53. The zero-order valence-corrected chi connectivity index (χ0v) is 18.5. The highest BCUT2D eigenvalue weighted by Crippen LogP contribution is 2.18.